The second kappa shape index (κ2) is 12.9. The van der Waals surface area contributed by atoms with Gasteiger partial charge in [-0.25, -0.2) is 0 Å². The molecule has 0 fully saturated rings. The van der Waals surface area contributed by atoms with E-state index in [2.05, 4.69) is 199 Å². The van der Waals surface area contributed by atoms with E-state index in [0.29, 0.717) is 0 Å². The first-order valence-corrected chi connectivity index (χ1v) is 19.5. The highest BCUT2D eigenvalue weighted by atomic mass is 32.1. The minimum atomic E-state index is 0.868. The van der Waals surface area contributed by atoms with Crippen molar-refractivity contribution in [3.8, 4) is 33.4 Å². The minimum absolute atomic E-state index is 0.868. The van der Waals surface area contributed by atoms with Crippen LogP contribution in [0.1, 0.15) is 0 Å². The molecule has 2 aromatic heterocycles. The van der Waals surface area contributed by atoms with Crippen molar-refractivity contribution in [1.29, 1.82) is 0 Å². The summed E-state index contributed by atoms with van der Waals surface area (Å²) in [5.41, 5.74) is 12.1. The molecule has 0 radical (unpaired) electrons. The van der Waals surface area contributed by atoms with Gasteiger partial charge in [-0.2, -0.15) is 0 Å². The van der Waals surface area contributed by atoms with Crippen LogP contribution in [0.15, 0.2) is 205 Å². The Morgan fingerprint density at radius 2 is 0.982 bits per heavy atom. The maximum atomic E-state index is 6.45. The van der Waals surface area contributed by atoms with Crippen molar-refractivity contribution in [3.63, 3.8) is 0 Å². The zero-order chi connectivity index (χ0) is 36.3. The standard InChI is InChI=1S/C52H33NOS/c1-2-13-34(14-3-1)36-16-8-17-37(31-36)38-18-9-20-40(32-38)53(45-25-12-27-47-51(45)43-22-4-6-26-46(43)54-47)41-21-10-19-39(33-41)42-24-11-15-35-29-30-49-52(50(35)42)44-23-5-7-28-48(44)55-49/h1-33H. The maximum Gasteiger partial charge on any atom is 0.137 e. The zero-order valence-corrected chi connectivity index (χ0v) is 30.6. The van der Waals surface area contributed by atoms with Gasteiger partial charge in [0.15, 0.2) is 0 Å². The van der Waals surface area contributed by atoms with Crippen molar-refractivity contribution in [2.45, 2.75) is 0 Å². The Balaban J connectivity index is 1.13. The van der Waals surface area contributed by atoms with Gasteiger partial charge in [0.05, 0.1) is 11.1 Å². The molecule has 0 saturated heterocycles. The summed E-state index contributed by atoms with van der Waals surface area (Å²) in [6, 6.07) is 72.2. The highest BCUT2D eigenvalue weighted by Gasteiger charge is 2.21. The Morgan fingerprint density at radius 1 is 0.364 bits per heavy atom. The van der Waals surface area contributed by atoms with Crippen molar-refractivity contribution < 1.29 is 4.42 Å². The number of fused-ring (bicyclic) bond motifs is 8. The van der Waals surface area contributed by atoms with Gasteiger partial charge in [-0.3, -0.25) is 0 Å². The maximum absolute atomic E-state index is 6.45. The molecule has 0 aliphatic heterocycles. The van der Waals surface area contributed by atoms with Gasteiger partial charge in [-0.15, -0.1) is 11.3 Å². The molecule has 0 N–H and O–H groups in total. The predicted molar refractivity (Wildman–Crippen MR) is 235 cm³/mol. The first kappa shape index (κ1) is 31.6. The number of benzene rings is 9. The van der Waals surface area contributed by atoms with E-state index in [9.17, 15) is 0 Å². The highest BCUT2D eigenvalue weighted by molar-refractivity contribution is 7.26. The van der Waals surface area contributed by atoms with Crippen LogP contribution in [0.2, 0.25) is 0 Å². The lowest BCUT2D eigenvalue weighted by Gasteiger charge is -2.27. The van der Waals surface area contributed by atoms with Crippen molar-refractivity contribution in [2.24, 2.45) is 0 Å². The first-order valence-electron chi connectivity index (χ1n) is 18.7. The number of rotatable bonds is 6. The number of anilines is 3. The van der Waals surface area contributed by atoms with Crippen molar-refractivity contribution in [2.75, 3.05) is 4.90 Å². The van der Waals surface area contributed by atoms with Gasteiger partial charge in [-0.05, 0) is 105 Å². The van der Waals surface area contributed by atoms with E-state index in [1.54, 1.807) is 0 Å². The molecule has 9 aromatic carbocycles. The second-order valence-electron chi connectivity index (χ2n) is 14.1. The normalized spacial score (nSPS) is 11.6. The van der Waals surface area contributed by atoms with Gasteiger partial charge >= 0.3 is 0 Å². The lowest BCUT2D eigenvalue weighted by atomic mass is 9.94. The fraction of sp³-hybridized carbons (Fsp3) is 0. The summed E-state index contributed by atoms with van der Waals surface area (Å²) < 4.78 is 9.07. The van der Waals surface area contributed by atoms with Crippen LogP contribution in [0.4, 0.5) is 17.1 Å². The van der Waals surface area contributed by atoms with Gasteiger partial charge < -0.3 is 9.32 Å². The number of hydrogen-bond donors (Lipinski definition) is 0. The second-order valence-corrected chi connectivity index (χ2v) is 15.2. The van der Waals surface area contributed by atoms with Crippen LogP contribution >= 0.6 is 11.3 Å². The number of thiophene rings is 1. The van der Waals surface area contributed by atoms with Crippen LogP contribution < -0.4 is 4.90 Å². The van der Waals surface area contributed by atoms with E-state index in [0.717, 1.165) is 44.6 Å². The fourth-order valence-electron chi connectivity index (χ4n) is 8.35. The molecular formula is C52H33NOS. The Bertz CT molecular complexity index is 3230. The summed E-state index contributed by atoms with van der Waals surface area (Å²) in [4.78, 5) is 2.40. The molecule has 0 bridgehead atoms. The summed E-state index contributed by atoms with van der Waals surface area (Å²) in [5, 5.41) is 7.37. The van der Waals surface area contributed by atoms with E-state index in [1.165, 1.54) is 58.8 Å². The van der Waals surface area contributed by atoms with Gasteiger partial charge in [0.2, 0.25) is 0 Å². The molecule has 2 nitrogen and oxygen atoms in total. The van der Waals surface area contributed by atoms with E-state index in [4.69, 9.17) is 4.42 Å². The molecule has 11 aromatic rings. The van der Waals surface area contributed by atoms with Crippen molar-refractivity contribution in [3.05, 3.63) is 200 Å². The van der Waals surface area contributed by atoms with E-state index >= 15 is 0 Å². The predicted octanol–water partition coefficient (Wildman–Crippen LogP) is 15.6. The molecule has 0 unspecified atom stereocenters. The Hall–Kier alpha value is -6.94. The minimum Gasteiger partial charge on any atom is -0.456 e. The molecule has 0 aliphatic rings. The lowest BCUT2D eigenvalue weighted by molar-refractivity contribution is 0.669. The summed E-state index contributed by atoms with van der Waals surface area (Å²) >= 11 is 1.87. The third-order valence-corrected chi connectivity index (χ3v) is 12.0. The fourth-order valence-corrected chi connectivity index (χ4v) is 9.46. The van der Waals surface area contributed by atoms with Crippen LogP contribution in [0, 0.1) is 0 Å². The van der Waals surface area contributed by atoms with Gasteiger partial charge in [-0.1, -0.05) is 140 Å². The third kappa shape index (κ3) is 5.32. The summed E-state index contributed by atoms with van der Waals surface area (Å²) in [6.07, 6.45) is 0. The Kier molecular flexibility index (Phi) is 7.39. The van der Waals surface area contributed by atoms with E-state index in [-0.39, 0.29) is 0 Å². The van der Waals surface area contributed by atoms with Crippen LogP contribution in [-0.4, -0.2) is 0 Å². The SMILES string of the molecule is c1ccc(-c2cccc(-c3cccc(N(c4cccc(-c5cccc6ccc7sc8ccccc8c7c56)c4)c4cccc5oc6ccccc6c45)c3)c2)cc1. The summed E-state index contributed by atoms with van der Waals surface area (Å²) in [6.45, 7) is 0. The summed E-state index contributed by atoms with van der Waals surface area (Å²) in [5.74, 6) is 0. The number of furan rings is 1. The molecule has 0 amide bonds. The Labute approximate surface area is 322 Å². The van der Waals surface area contributed by atoms with Crippen molar-refractivity contribution in [1.82, 2.24) is 0 Å². The molecule has 11 rings (SSSR count). The van der Waals surface area contributed by atoms with Crippen LogP contribution in [0.25, 0.3) is 86.3 Å². The first-order chi connectivity index (χ1) is 27.3. The smallest absolute Gasteiger partial charge is 0.137 e. The van der Waals surface area contributed by atoms with E-state index < -0.39 is 0 Å². The molecule has 258 valence electrons. The molecule has 0 spiro atoms. The molecule has 3 heteroatoms. The molecular weight excluding hydrogens is 687 g/mol. The summed E-state index contributed by atoms with van der Waals surface area (Å²) in [7, 11) is 0. The van der Waals surface area contributed by atoms with Gasteiger partial charge in [0.1, 0.15) is 11.2 Å². The topological polar surface area (TPSA) is 16.4 Å². The quantitative estimate of drug-likeness (QED) is 0.170. The molecule has 0 aliphatic carbocycles. The van der Waals surface area contributed by atoms with Crippen LogP contribution in [0.3, 0.4) is 0 Å². The van der Waals surface area contributed by atoms with Gasteiger partial charge in [0, 0.05) is 36.9 Å². The monoisotopic (exact) mass is 719 g/mol. The lowest BCUT2D eigenvalue weighted by Crippen LogP contribution is -2.10. The largest absolute Gasteiger partial charge is 0.456 e. The molecule has 0 atom stereocenters. The Morgan fingerprint density at radius 3 is 1.84 bits per heavy atom. The average Bonchev–Trinajstić information content (AvgIpc) is 3.83. The van der Waals surface area contributed by atoms with Crippen molar-refractivity contribution >= 4 is 81.3 Å². The molecule has 0 saturated carbocycles. The number of hydrogen-bond acceptors (Lipinski definition) is 3. The molecule has 2 heterocycles. The average molecular weight is 720 g/mol. The number of nitrogens with zero attached hydrogens (tertiary/aromatic N) is 1. The highest BCUT2D eigenvalue weighted by Crippen LogP contribution is 2.46. The van der Waals surface area contributed by atoms with Gasteiger partial charge in [0.25, 0.3) is 0 Å². The molecule has 55 heavy (non-hydrogen) atoms. The van der Waals surface area contributed by atoms with Crippen LogP contribution in [-0.2, 0) is 0 Å². The zero-order valence-electron chi connectivity index (χ0n) is 29.8. The number of para-hydroxylation sites is 1. The van der Waals surface area contributed by atoms with Crippen LogP contribution in [0.5, 0.6) is 0 Å². The van der Waals surface area contributed by atoms with E-state index in [1.807, 2.05) is 17.4 Å². The third-order valence-electron chi connectivity index (χ3n) is 10.8.